The molecule has 0 saturated carbocycles. The molecule has 7 heteroatoms. The summed E-state index contributed by atoms with van der Waals surface area (Å²) in [6.45, 7) is 2.08. The number of fused-ring (bicyclic) bond motifs is 1. The Balaban J connectivity index is 1.61. The first-order chi connectivity index (χ1) is 11.3. The van der Waals surface area contributed by atoms with Crippen molar-refractivity contribution in [1.82, 2.24) is 14.5 Å². The van der Waals surface area contributed by atoms with Gasteiger partial charge in [0.25, 0.3) is 5.91 Å². The number of benzene rings is 1. The first kappa shape index (κ1) is 14.4. The number of nitrogens with zero attached hydrogens (tertiary/aromatic N) is 3. The monoisotopic (exact) mass is 331 g/mol. The van der Waals surface area contributed by atoms with Gasteiger partial charge in [0.2, 0.25) is 0 Å². The number of aromatic nitrogens is 2. The molecule has 1 aromatic carbocycles. The lowest BCUT2D eigenvalue weighted by molar-refractivity contribution is 0.0729. The summed E-state index contributed by atoms with van der Waals surface area (Å²) in [5.41, 5.74) is 1.51. The van der Waals surface area contributed by atoms with E-state index in [0.29, 0.717) is 18.9 Å². The molecule has 3 heterocycles. The third-order valence-electron chi connectivity index (χ3n) is 4.25. The molecule has 1 saturated heterocycles. The first-order valence-electron chi connectivity index (χ1n) is 7.80. The van der Waals surface area contributed by atoms with Crippen molar-refractivity contribution >= 4 is 17.4 Å². The summed E-state index contributed by atoms with van der Waals surface area (Å²) in [6, 6.07) is 6.04. The Bertz CT molecular complexity index is 705. The molecule has 2 aliphatic heterocycles. The quantitative estimate of drug-likeness (QED) is 0.846. The third kappa shape index (κ3) is 2.76. The predicted molar refractivity (Wildman–Crippen MR) is 85.0 cm³/mol. The highest BCUT2D eigenvalue weighted by Gasteiger charge is 2.32. The van der Waals surface area contributed by atoms with Crippen molar-refractivity contribution in [3.8, 4) is 11.5 Å². The van der Waals surface area contributed by atoms with Gasteiger partial charge in [-0.05, 0) is 42.1 Å². The van der Waals surface area contributed by atoms with E-state index < -0.39 is 0 Å². The summed E-state index contributed by atoms with van der Waals surface area (Å²) < 4.78 is 15.2. The van der Waals surface area contributed by atoms with Crippen molar-refractivity contribution in [3.05, 3.63) is 34.8 Å². The number of hydrogen-bond donors (Lipinski definition) is 0. The van der Waals surface area contributed by atoms with E-state index in [1.54, 1.807) is 5.38 Å². The van der Waals surface area contributed by atoms with Crippen LogP contribution in [0.5, 0.6) is 11.5 Å². The lowest BCUT2D eigenvalue weighted by Gasteiger charge is -2.24. The lowest BCUT2D eigenvalue weighted by atomic mass is 10.0. The molecule has 1 fully saturated rings. The van der Waals surface area contributed by atoms with Crippen LogP contribution >= 0.6 is 11.5 Å². The number of ether oxygens (including phenoxy) is 2. The minimum atomic E-state index is -0.0478. The molecular formula is C16H17N3O3S. The zero-order chi connectivity index (χ0) is 15.6. The number of amides is 1. The third-order valence-corrected chi connectivity index (χ3v) is 4.75. The Hall–Kier alpha value is -2.15. The number of carbonyl (C=O) groups excluding carboxylic acids is 1. The number of carbonyl (C=O) groups is 1. The maximum Gasteiger partial charge on any atom is 0.275 e. The van der Waals surface area contributed by atoms with Crippen LogP contribution in [-0.4, -0.2) is 40.2 Å². The summed E-state index contributed by atoms with van der Waals surface area (Å²) in [6.07, 6.45) is 2.82. The standard InChI is InChI=1S/C16H17N3O3S/c20-16(12-10-23-18-17-12)19-6-1-3-13(19)11-4-5-14-15(9-11)22-8-2-7-21-14/h4-5,9-10,13H,1-3,6-8H2. The SMILES string of the molecule is O=C(c1csnn1)N1CCCC1c1ccc2c(c1)OCCCO2. The van der Waals surface area contributed by atoms with Gasteiger partial charge in [0, 0.05) is 18.3 Å². The highest BCUT2D eigenvalue weighted by Crippen LogP contribution is 2.38. The van der Waals surface area contributed by atoms with E-state index in [9.17, 15) is 4.79 Å². The minimum Gasteiger partial charge on any atom is -0.490 e. The van der Waals surface area contributed by atoms with Crippen LogP contribution in [0.15, 0.2) is 23.6 Å². The Kier molecular flexibility index (Phi) is 3.87. The molecule has 23 heavy (non-hydrogen) atoms. The minimum absolute atomic E-state index is 0.0478. The van der Waals surface area contributed by atoms with Crippen LogP contribution in [0.25, 0.3) is 0 Å². The summed E-state index contributed by atoms with van der Waals surface area (Å²) in [4.78, 5) is 14.5. The molecule has 0 N–H and O–H groups in total. The van der Waals surface area contributed by atoms with Crippen LogP contribution in [0, 0.1) is 0 Å². The van der Waals surface area contributed by atoms with E-state index in [1.165, 1.54) is 11.5 Å². The molecule has 2 aromatic rings. The van der Waals surface area contributed by atoms with Gasteiger partial charge in [0.1, 0.15) is 0 Å². The van der Waals surface area contributed by atoms with Gasteiger partial charge in [-0.2, -0.15) is 0 Å². The van der Waals surface area contributed by atoms with E-state index >= 15 is 0 Å². The molecule has 1 atom stereocenters. The molecule has 0 aliphatic carbocycles. The van der Waals surface area contributed by atoms with Crippen molar-refractivity contribution in [3.63, 3.8) is 0 Å². The van der Waals surface area contributed by atoms with Crippen LogP contribution in [-0.2, 0) is 0 Å². The van der Waals surface area contributed by atoms with Gasteiger partial charge < -0.3 is 14.4 Å². The van der Waals surface area contributed by atoms with E-state index in [1.807, 2.05) is 23.1 Å². The predicted octanol–water partition coefficient (Wildman–Crippen LogP) is 2.68. The van der Waals surface area contributed by atoms with Crippen LogP contribution in [0.2, 0.25) is 0 Å². The summed E-state index contributed by atoms with van der Waals surface area (Å²) in [5.74, 6) is 1.51. The van der Waals surface area contributed by atoms with Crippen molar-refractivity contribution < 1.29 is 14.3 Å². The zero-order valence-electron chi connectivity index (χ0n) is 12.6. The molecule has 4 rings (SSSR count). The molecule has 120 valence electrons. The van der Waals surface area contributed by atoms with E-state index in [2.05, 4.69) is 9.59 Å². The molecule has 2 aliphatic rings. The average Bonchev–Trinajstić information content (AvgIpc) is 3.22. The maximum atomic E-state index is 12.6. The second kappa shape index (κ2) is 6.16. The lowest BCUT2D eigenvalue weighted by Crippen LogP contribution is -2.30. The van der Waals surface area contributed by atoms with E-state index in [0.717, 1.165) is 42.9 Å². The Morgan fingerprint density at radius 3 is 2.91 bits per heavy atom. The Morgan fingerprint density at radius 1 is 1.22 bits per heavy atom. The molecule has 0 radical (unpaired) electrons. The first-order valence-corrected chi connectivity index (χ1v) is 8.64. The van der Waals surface area contributed by atoms with Crippen molar-refractivity contribution in [2.75, 3.05) is 19.8 Å². The molecular weight excluding hydrogens is 314 g/mol. The van der Waals surface area contributed by atoms with Crippen LogP contribution < -0.4 is 9.47 Å². The number of hydrogen-bond acceptors (Lipinski definition) is 6. The van der Waals surface area contributed by atoms with Gasteiger partial charge in [-0.15, -0.1) is 5.10 Å². The van der Waals surface area contributed by atoms with Crippen LogP contribution in [0.3, 0.4) is 0 Å². The fourth-order valence-electron chi connectivity index (χ4n) is 3.15. The Labute approximate surface area is 138 Å². The molecule has 0 bridgehead atoms. The normalized spacial score (nSPS) is 20.3. The van der Waals surface area contributed by atoms with Gasteiger partial charge in [-0.1, -0.05) is 10.6 Å². The van der Waals surface area contributed by atoms with Crippen LogP contribution in [0.1, 0.15) is 41.4 Å². The summed E-state index contributed by atoms with van der Waals surface area (Å²) in [7, 11) is 0. The Morgan fingerprint density at radius 2 is 2.09 bits per heavy atom. The van der Waals surface area contributed by atoms with E-state index in [-0.39, 0.29) is 11.9 Å². The van der Waals surface area contributed by atoms with Gasteiger partial charge in [0.15, 0.2) is 17.2 Å². The second-order valence-electron chi connectivity index (χ2n) is 5.70. The van der Waals surface area contributed by atoms with Gasteiger partial charge in [-0.25, -0.2) is 0 Å². The van der Waals surface area contributed by atoms with Crippen molar-refractivity contribution in [2.24, 2.45) is 0 Å². The number of rotatable bonds is 2. The van der Waals surface area contributed by atoms with Gasteiger partial charge >= 0.3 is 0 Å². The molecule has 1 aromatic heterocycles. The van der Waals surface area contributed by atoms with Crippen molar-refractivity contribution in [2.45, 2.75) is 25.3 Å². The fourth-order valence-corrected chi connectivity index (χ4v) is 3.58. The van der Waals surface area contributed by atoms with Gasteiger partial charge in [0.05, 0.1) is 19.3 Å². The summed E-state index contributed by atoms with van der Waals surface area (Å²) in [5, 5.41) is 5.60. The zero-order valence-corrected chi connectivity index (χ0v) is 13.4. The summed E-state index contributed by atoms with van der Waals surface area (Å²) >= 11 is 1.20. The smallest absolute Gasteiger partial charge is 0.275 e. The molecule has 6 nitrogen and oxygen atoms in total. The highest BCUT2D eigenvalue weighted by atomic mass is 32.1. The fraction of sp³-hybridized carbons (Fsp3) is 0.438. The largest absolute Gasteiger partial charge is 0.490 e. The number of likely N-dealkylation sites (tertiary alicyclic amines) is 1. The molecule has 0 spiro atoms. The topological polar surface area (TPSA) is 64.6 Å². The second-order valence-corrected chi connectivity index (χ2v) is 6.31. The van der Waals surface area contributed by atoms with Crippen molar-refractivity contribution in [1.29, 1.82) is 0 Å². The average molecular weight is 331 g/mol. The molecule has 1 unspecified atom stereocenters. The van der Waals surface area contributed by atoms with Crippen LogP contribution in [0.4, 0.5) is 0 Å². The van der Waals surface area contributed by atoms with E-state index in [4.69, 9.17) is 9.47 Å². The maximum absolute atomic E-state index is 12.6. The molecule has 1 amide bonds. The highest BCUT2D eigenvalue weighted by molar-refractivity contribution is 7.03. The van der Waals surface area contributed by atoms with Gasteiger partial charge in [-0.3, -0.25) is 4.79 Å².